The Morgan fingerprint density at radius 2 is 0.704 bits per heavy atom. The van der Waals surface area contributed by atoms with E-state index in [1.165, 1.54) is 231 Å². The van der Waals surface area contributed by atoms with E-state index in [2.05, 4.69) is 55.6 Å². The molecule has 0 aliphatic rings. The van der Waals surface area contributed by atoms with E-state index in [1.54, 1.807) is 0 Å². The molecule has 0 heterocycles. The summed E-state index contributed by atoms with van der Waals surface area (Å²) in [6.07, 6.45) is 75.8. The molecule has 71 heavy (non-hydrogen) atoms. The second kappa shape index (κ2) is 60.6. The minimum absolute atomic E-state index is 0.0156. The van der Waals surface area contributed by atoms with Crippen LogP contribution in [0.15, 0.2) is 36.5 Å². The Labute approximate surface area is 443 Å². The SMILES string of the molecule is CCCCC/C=C\C/C=C\CCCCCCCCCCCC(=O)OCCCCCCCC/C=C\CCCCCC(=O)NC(CO)C(O)CCCCCCCCCCCCCCCCCCCCCCCC. The molecule has 0 saturated heterocycles. The highest BCUT2D eigenvalue weighted by atomic mass is 16.5. The van der Waals surface area contributed by atoms with Crippen LogP contribution in [-0.4, -0.2) is 47.4 Å². The van der Waals surface area contributed by atoms with Crippen LogP contribution in [0.4, 0.5) is 0 Å². The first-order chi connectivity index (χ1) is 35.0. The predicted octanol–water partition coefficient (Wildman–Crippen LogP) is 20.0. The van der Waals surface area contributed by atoms with Crippen molar-refractivity contribution in [1.82, 2.24) is 5.32 Å². The molecule has 0 fully saturated rings. The first kappa shape index (κ1) is 69.1. The van der Waals surface area contributed by atoms with Crippen LogP contribution < -0.4 is 5.32 Å². The van der Waals surface area contributed by atoms with Gasteiger partial charge in [-0.15, -0.1) is 0 Å². The summed E-state index contributed by atoms with van der Waals surface area (Å²) in [6, 6.07) is -0.564. The maximum atomic E-state index is 12.5. The minimum Gasteiger partial charge on any atom is -0.466 e. The number of unbranched alkanes of at least 4 members (excludes halogenated alkanes) is 42. The van der Waals surface area contributed by atoms with Crippen LogP contribution in [0.3, 0.4) is 0 Å². The van der Waals surface area contributed by atoms with Crippen LogP contribution in [-0.2, 0) is 14.3 Å². The third kappa shape index (κ3) is 57.2. The smallest absolute Gasteiger partial charge is 0.305 e. The van der Waals surface area contributed by atoms with E-state index < -0.39 is 12.1 Å². The van der Waals surface area contributed by atoms with E-state index >= 15 is 0 Å². The van der Waals surface area contributed by atoms with Crippen molar-refractivity contribution in [1.29, 1.82) is 0 Å². The predicted molar refractivity (Wildman–Crippen MR) is 310 cm³/mol. The molecule has 2 atom stereocenters. The van der Waals surface area contributed by atoms with Crippen molar-refractivity contribution in [2.75, 3.05) is 13.2 Å². The zero-order valence-corrected chi connectivity index (χ0v) is 47.7. The first-order valence-corrected chi connectivity index (χ1v) is 31.7. The number of hydrogen-bond acceptors (Lipinski definition) is 5. The Kier molecular flexibility index (Phi) is 59.0. The zero-order chi connectivity index (χ0) is 51.4. The van der Waals surface area contributed by atoms with Crippen LogP contribution in [0.1, 0.15) is 341 Å². The van der Waals surface area contributed by atoms with Gasteiger partial charge in [-0.2, -0.15) is 0 Å². The van der Waals surface area contributed by atoms with E-state index in [0.29, 0.717) is 25.9 Å². The lowest BCUT2D eigenvalue weighted by Crippen LogP contribution is -2.45. The molecular formula is C65H123NO5. The van der Waals surface area contributed by atoms with Crippen LogP contribution in [0.25, 0.3) is 0 Å². The van der Waals surface area contributed by atoms with Crippen LogP contribution >= 0.6 is 0 Å². The fourth-order valence-electron chi connectivity index (χ4n) is 9.78. The average molecular weight is 999 g/mol. The second-order valence-corrected chi connectivity index (χ2v) is 21.7. The fraction of sp³-hybridized carbons (Fsp3) is 0.877. The second-order valence-electron chi connectivity index (χ2n) is 21.7. The molecule has 0 aromatic rings. The molecule has 2 unspecified atom stereocenters. The van der Waals surface area contributed by atoms with Gasteiger partial charge in [0, 0.05) is 12.8 Å². The van der Waals surface area contributed by atoms with E-state index in [1.807, 2.05) is 0 Å². The van der Waals surface area contributed by atoms with Crippen molar-refractivity contribution in [3.8, 4) is 0 Å². The van der Waals surface area contributed by atoms with Gasteiger partial charge in [0.05, 0.1) is 25.4 Å². The number of esters is 1. The third-order valence-corrected chi connectivity index (χ3v) is 14.7. The van der Waals surface area contributed by atoms with E-state index in [9.17, 15) is 19.8 Å². The van der Waals surface area contributed by atoms with Gasteiger partial charge in [0.1, 0.15) is 0 Å². The molecule has 0 aromatic heterocycles. The van der Waals surface area contributed by atoms with Crippen molar-refractivity contribution in [3.05, 3.63) is 36.5 Å². The monoisotopic (exact) mass is 998 g/mol. The van der Waals surface area contributed by atoms with Gasteiger partial charge < -0.3 is 20.3 Å². The summed E-state index contributed by atoms with van der Waals surface area (Å²) in [7, 11) is 0. The lowest BCUT2D eigenvalue weighted by Gasteiger charge is -2.22. The molecule has 0 aromatic carbocycles. The summed E-state index contributed by atoms with van der Waals surface area (Å²) in [4.78, 5) is 24.6. The molecule has 6 nitrogen and oxygen atoms in total. The third-order valence-electron chi connectivity index (χ3n) is 14.7. The Hall–Kier alpha value is -1.92. The molecule has 0 rings (SSSR count). The van der Waals surface area contributed by atoms with E-state index in [-0.39, 0.29) is 18.5 Å². The molecule has 0 aliphatic carbocycles. The molecule has 3 N–H and O–H groups in total. The van der Waals surface area contributed by atoms with Crippen molar-refractivity contribution in [2.45, 2.75) is 353 Å². The van der Waals surface area contributed by atoms with Gasteiger partial charge in [-0.1, -0.05) is 281 Å². The molecule has 0 aliphatic heterocycles. The highest BCUT2D eigenvalue weighted by Gasteiger charge is 2.20. The molecule has 0 spiro atoms. The lowest BCUT2D eigenvalue weighted by molar-refractivity contribution is -0.143. The number of rotatable bonds is 59. The number of aliphatic hydroxyl groups is 2. The number of ether oxygens (including phenoxy) is 1. The van der Waals surface area contributed by atoms with Crippen LogP contribution in [0, 0.1) is 0 Å². The van der Waals surface area contributed by atoms with E-state index in [0.717, 1.165) is 77.0 Å². The average Bonchev–Trinajstić information content (AvgIpc) is 3.37. The van der Waals surface area contributed by atoms with Gasteiger partial charge in [0.15, 0.2) is 0 Å². The molecular weight excluding hydrogens is 875 g/mol. The van der Waals surface area contributed by atoms with Crippen molar-refractivity contribution in [3.63, 3.8) is 0 Å². The molecule has 0 saturated carbocycles. The quantitative estimate of drug-likeness (QED) is 0.0321. The summed E-state index contributed by atoms with van der Waals surface area (Å²) in [5.74, 6) is -0.0779. The summed E-state index contributed by atoms with van der Waals surface area (Å²) in [5, 5.41) is 23.4. The zero-order valence-electron chi connectivity index (χ0n) is 47.7. The number of carbonyl (C=O) groups excluding carboxylic acids is 2. The number of carbonyl (C=O) groups is 2. The van der Waals surface area contributed by atoms with Crippen molar-refractivity contribution in [2.24, 2.45) is 0 Å². The number of amides is 1. The number of hydrogen-bond donors (Lipinski definition) is 3. The van der Waals surface area contributed by atoms with E-state index in [4.69, 9.17) is 4.74 Å². The largest absolute Gasteiger partial charge is 0.466 e. The van der Waals surface area contributed by atoms with Crippen LogP contribution in [0.5, 0.6) is 0 Å². The summed E-state index contributed by atoms with van der Waals surface area (Å²) >= 11 is 0. The summed E-state index contributed by atoms with van der Waals surface area (Å²) in [6.45, 7) is 4.91. The normalized spacial score (nSPS) is 12.8. The minimum atomic E-state index is -0.684. The number of allylic oxidation sites excluding steroid dienone is 6. The fourth-order valence-corrected chi connectivity index (χ4v) is 9.78. The maximum absolute atomic E-state index is 12.5. The van der Waals surface area contributed by atoms with Gasteiger partial charge in [0.2, 0.25) is 5.91 Å². The molecule has 1 amide bonds. The van der Waals surface area contributed by atoms with Gasteiger partial charge >= 0.3 is 5.97 Å². The lowest BCUT2D eigenvalue weighted by atomic mass is 10.0. The van der Waals surface area contributed by atoms with Crippen molar-refractivity contribution >= 4 is 11.9 Å². The standard InChI is InChI=1S/C65H123NO5/c1-3-5-7-9-11-13-15-17-19-21-23-24-25-27-28-30-33-37-41-45-49-53-57-63(68)62(61-67)66-64(69)58-54-50-46-42-38-34-32-36-40-44-48-52-56-60-71-65(70)59-55-51-47-43-39-35-31-29-26-22-20-18-16-14-12-10-8-6-4-2/h12,14,18,20,34,38,62-63,67-68H,3-11,13,15-17,19,21-33,35-37,39-61H2,1-2H3,(H,66,69)/b14-12-,20-18-,38-34-. The highest BCUT2D eigenvalue weighted by Crippen LogP contribution is 2.18. The Morgan fingerprint density at radius 1 is 0.394 bits per heavy atom. The van der Waals surface area contributed by atoms with Gasteiger partial charge in [-0.25, -0.2) is 0 Å². The Bertz CT molecular complexity index is 1150. The maximum Gasteiger partial charge on any atom is 0.305 e. The summed E-state index contributed by atoms with van der Waals surface area (Å²) < 4.78 is 5.48. The molecule has 0 radical (unpaired) electrons. The van der Waals surface area contributed by atoms with Crippen LogP contribution in [0.2, 0.25) is 0 Å². The molecule has 0 bridgehead atoms. The molecule has 6 heteroatoms. The summed E-state index contributed by atoms with van der Waals surface area (Å²) in [5.41, 5.74) is 0. The first-order valence-electron chi connectivity index (χ1n) is 31.7. The number of aliphatic hydroxyl groups excluding tert-OH is 2. The van der Waals surface area contributed by atoms with Gasteiger partial charge in [0.25, 0.3) is 0 Å². The van der Waals surface area contributed by atoms with Gasteiger partial charge in [-0.3, -0.25) is 9.59 Å². The Morgan fingerprint density at radius 3 is 1.13 bits per heavy atom. The highest BCUT2D eigenvalue weighted by molar-refractivity contribution is 5.76. The van der Waals surface area contributed by atoms with Gasteiger partial charge in [-0.05, 0) is 83.5 Å². The molecule has 418 valence electrons. The number of nitrogens with one attached hydrogen (secondary N) is 1. The topological polar surface area (TPSA) is 95.9 Å². The van der Waals surface area contributed by atoms with Crippen molar-refractivity contribution < 1.29 is 24.5 Å². The Balaban J connectivity index is 3.47.